The van der Waals surface area contributed by atoms with E-state index in [0.29, 0.717) is 5.69 Å². The number of carbonyl (C=O) groups is 1. The van der Waals surface area contributed by atoms with Gasteiger partial charge in [0.2, 0.25) is 5.91 Å². The van der Waals surface area contributed by atoms with Crippen molar-refractivity contribution in [1.82, 2.24) is 0 Å². The number of amides is 1. The topological polar surface area (TPSA) is 38.3 Å². The van der Waals surface area contributed by atoms with Crippen LogP contribution in [-0.2, 0) is 4.79 Å². The molecule has 0 atom stereocenters. The first-order chi connectivity index (χ1) is 9.35. The highest BCUT2D eigenvalue weighted by Crippen LogP contribution is 2.50. The lowest BCUT2D eigenvalue weighted by molar-refractivity contribution is -0.274. The minimum Gasteiger partial charge on any atom is -0.406 e. The number of nitrogens with one attached hydrogen (secondary N) is 1. The lowest BCUT2D eigenvalue weighted by Crippen LogP contribution is -2.24. The Morgan fingerprint density at radius 1 is 1.40 bits per heavy atom. The Balaban J connectivity index is 2.03. The Kier molecular flexibility index (Phi) is 3.92. The molecule has 2 rings (SSSR count). The van der Waals surface area contributed by atoms with Gasteiger partial charge in [-0.2, -0.15) is 0 Å². The van der Waals surface area contributed by atoms with Crippen molar-refractivity contribution >= 4 is 11.6 Å². The number of hydrogen-bond acceptors (Lipinski definition) is 2. The maximum absolute atomic E-state index is 12.1. The van der Waals surface area contributed by atoms with E-state index < -0.39 is 6.36 Å². The summed E-state index contributed by atoms with van der Waals surface area (Å²) in [6.07, 6.45) is -1.35. The van der Waals surface area contributed by atoms with Gasteiger partial charge in [0.05, 0.1) is 0 Å². The molecule has 0 aliphatic heterocycles. The van der Waals surface area contributed by atoms with Gasteiger partial charge in [-0.25, -0.2) is 0 Å². The Morgan fingerprint density at radius 3 is 2.65 bits per heavy atom. The molecule has 1 amide bonds. The van der Waals surface area contributed by atoms with Crippen molar-refractivity contribution < 1.29 is 22.7 Å². The minimum atomic E-state index is -4.73. The van der Waals surface area contributed by atoms with Crippen LogP contribution in [0.25, 0.3) is 0 Å². The van der Waals surface area contributed by atoms with Crippen molar-refractivity contribution in [3.8, 4) is 5.75 Å². The Hall–Kier alpha value is -1.72. The molecule has 0 aromatic heterocycles. The van der Waals surface area contributed by atoms with Crippen molar-refractivity contribution in [2.45, 2.75) is 39.0 Å². The Labute approximate surface area is 115 Å². The molecular formula is C14H16F3NO2. The van der Waals surface area contributed by atoms with E-state index in [1.165, 1.54) is 18.2 Å². The summed E-state index contributed by atoms with van der Waals surface area (Å²) in [5, 5.41) is 2.67. The number of anilines is 1. The fourth-order valence-corrected chi connectivity index (χ4v) is 2.25. The van der Waals surface area contributed by atoms with E-state index in [9.17, 15) is 18.0 Å². The van der Waals surface area contributed by atoms with Crippen LogP contribution in [0.5, 0.6) is 5.75 Å². The molecule has 0 saturated heterocycles. The van der Waals surface area contributed by atoms with Crippen molar-refractivity contribution in [3.63, 3.8) is 0 Å². The summed E-state index contributed by atoms with van der Waals surface area (Å²) in [5.74, 6) is -0.459. The lowest BCUT2D eigenvalue weighted by Gasteiger charge is -2.15. The second kappa shape index (κ2) is 5.34. The van der Waals surface area contributed by atoms with Crippen LogP contribution in [-0.4, -0.2) is 12.3 Å². The van der Waals surface area contributed by atoms with Gasteiger partial charge in [0, 0.05) is 17.2 Å². The zero-order valence-corrected chi connectivity index (χ0v) is 11.1. The van der Waals surface area contributed by atoms with Crippen molar-refractivity contribution in [2.75, 3.05) is 5.32 Å². The Morgan fingerprint density at radius 2 is 2.10 bits per heavy atom. The predicted octanol–water partition coefficient (Wildman–Crippen LogP) is 4.10. The molecule has 1 fully saturated rings. The van der Waals surface area contributed by atoms with Crippen molar-refractivity contribution in [1.29, 1.82) is 0 Å². The molecule has 6 heteroatoms. The molecule has 1 aliphatic rings. The first kappa shape index (κ1) is 14.7. The lowest BCUT2D eigenvalue weighted by atomic mass is 9.99. The number of alkyl halides is 3. The van der Waals surface area contributed by atoms with Gasteiger partial charge in [-0.3, -0.25) is 4.79 Å². The van der Waals surface area contributed by atoms with Crippen molar-refractivity contribution in [2.24, 2.45) is 5.41 Å². The van der Waals surface area contributed by atoms with Gasteiger partial charge >= 0.3 is 6.36 Å². The molecule has 0 heterocycles. The largest absolute Gasteiger partial charge is 0.573 e. The average Bonchev–Trinajstić information content (AvgIpc) is 3.08. The summed E-state index contributed by atoms with van der Waals surface area (Å²) in [7, 11) is 0. The maximum atomic E-state index is 12.1. The van der Waals surface area contributed by atoms with Crippen LogP contribution in [0.4, 0.5) is 18.9 Å². The molecule has 0 spiro atoms. The fraction of sp³-hybridized carbons (Fsp3) is 0.500. The van der Waals surface area contributed by atoms with E-state index in [2.05, 4.69) is 10.1 Å². The summed E-state index contributed by atoms with van der Waals surface area (Å²) < 4.78 is 40.2. The first-order valence-corrected chi connectivity index (χ1v) is 6.52. The van der Waals surface area contributed by atoms with Gasteiger partial charge in [-0.1, -0.05) is 19.4 Å². The van der Waals surface area contributed by atoms with Gasteiger partial charge < -0.3 is 10.1 Å². The summed E-state index contributed by atoms with van der Waals surface area (Å²) in [6, 6.07) is 5.33. The van der Waals surface area contributed by atoms with Crippen molar-refractivity contribution in [3.05, 3.63) is 24.3 Å². The van der Waals surface area contributed by atoms with Gasteiger partial charge in [-0.05, 0) is 31.4 Å². The van der Waals surface area contributed by atoms with Gasteiger partial charge in [-0.15, -0.1) is 13.2 Å². The normalized spacial score (nSPS) is 16.6. The van der Waals surface area contributed by atoms with E-state index in [0.717, 1.165) is 25.7 Å². The molecule has 1 aromatic carbocycles. The highest BCUT2D eigenvalue weighted by Gasteiger charge is 2.48. The molecule has 20 heavy (non-hydrogen) atoms. The van der Waals surface area contributed by atoms with Gasteiger partial charge in [0.15, 0.2) is 0 Å². The SMILES string of the molecule is CCCC1(C(=O)Nc2cccc(OC(F)(F)F)c2)CC1. The number of benzene rings is 1. The van der Waals surface area contributed by atoms with Crippen LogP contribution in [0.15, 0.2) is 24.3 Å². The summed E-state index contributed by atoms with van der Waals surface area (Å²) in [6.45, 7) is 2.01. The highest BCUT2D eigenvalue weighted by molar-refractivity contribution is 5.97. The smallest absolute Gasteiger partial charge is 0.406 e. The summed E-state index contributed by atoms with van der Waals surface area (Å²) in [5.41, 5.74) is -0.00513. The van der Waals surface area contributed by atoms with Crippen LogP contribution in [0.1, 0.15) is 32.6 Å². The molecule has 1 saturated carbocycles. The minimum absolute atomic E-state index is 0.122. The highest BCUT2D eigenvalue weighted by atomic mass is 19.4. The van der Waals surface area contributed by atoms with E-state index in [4.69, 9.17) is 0 Å². The van der Waals surface area contributed by atoms with Crippen LogP contribution >= 0.6 is 0 Å². The molecule has 0 radical (unpaired) electrons. The zero-order chi connectivity index (χ0) is 14.8. The molecule has 1 aromatic rings. The van der Waals surface area contributed by atoms with Crippen LogP contribution in [0.2, 0.25) is 0 Å². The molecule has 110 valence electrons. The predicted molar refractivity (Wildman–Crippen MR) is 68.3 cm³/mol. The third-order valence-corrected chi connectivity index (χ3v) is 3.39. The first-order valence-electron chi connectivity index (χ1n) is 6.52. The standard InChI is InChI=1S/C14H16F3NO2/c1-2-6-13(7-8-13)12(19)18-10-4-3-5-11(9-10)20-14(15,16)17/h3-5,9H,2,6-8H2,1H3,(H,18,19). The number of carbonyl (C=O) groups excluding carboxylic acids is 1. The molecular weight excluding hydrogens is 271 g/mol. The molecule has 1 aliphatic carbocycles. The number of hydrogen-bond donors (Lipinski definition) is 1. The molecule has 1 N–H and O–H groups in total. The third kappa shape index (κ3) is 3.65. The molecule has 0 bridgehead atoms. The van der Waals surface area contributed by atoms with E-state index in [1.807, 2.05) is 6.92 Å². The fourth-order valence-electron chi connectivity index (χ4n) is 2.25. The number of ether oxygens (including phenoxy) is 1. The number of rotatable bonds is 5. The van der Waals surface area contributed by atoms with Crippen LogP contribution in [0.3, 0.4) is 0 Å². The summed E-state index contributed by atoms with van der Waals surface area (Å²) >= 11 is 0. The van der Waals surface area contributed by atoms with Gasteiger partial charge in [0.25, 0.3) is 0 Å². The van der Waals surface area contributed by atoms with Crippen LogP contribution in [0, 0.1) is 5.41 Å². The Bertz CT molecular complexity index is 495. The summed E-state index contributed by atoms with van der Waals surface area (Å²) in [4.78, 5) is 12.1. The second-order valence-corrected chi connectivity index (χ2v) is 5.06. The van der Waals surface area contributed by atoms with Gasteiger partial charge in [0.1, 0.15) is 5.75 Å². The van der Waals surface area contributed by atoms with E-state index >= 15 is 0 Å². The monoisotopic (exact) mass is 287 g/mol. The quantitative estimate of drug-likeness (QED) is 0.885. The van der Waals surface area contributed by atoms with E-state index in [1.54, 1.807) is 6.07 Å². The van der Waals surface area contributed by atoms with Crippen LogP contribution < -0.4 is 10.1 Å². The molecule has 3 nitrogen and oxygen atoms in total. The second-order valence-electron chi connectivity index (χ2n) is 5.06. The number of halogens is 3. The zero-order valence-electron chi connectivity index (χ0n) is 11.1. The van der Waals surface area contributed by atoms with E-state index in [-0.39, 0.29) is 17.1 Å². The maximum Gasteiger partial charge on any atom is 0.573 e. The average molecular weight is 287 g/mol. The molecule has 0 unspecified atom stereocenters. The third-order valence-electron chi connectivity index (χ3n) is 3.39.